The van der Waals surface area contributed by atoms with Crippen LogP contribution in [0.3, 0.4) is 0 Å². The molecule has 5 rings (SSSR count). The molecular formula is C25H30N2O5. The predicted octanol–water partition coefficient (Wildman–Crippen LogP) is 2.58. The van der Waals surface area contributed by atoms with Crippen molar-refractivity contribution >= 4 is 23.5 Å². The molecule has 4 aliphatic rings. The molecule has 3 aliphatic heterocycles. The topological polar surface area (TPSA) is 84.9 Å². The zero-order valence-electron chi connectivity index (χ0n) is 18.6. The molecule has 1 N–H and O–H groups in total. The molecule has 32 heavy (non-hydrogen) atoms. The summed E-state index contributed by atoms with van der Waals surface area (Å²) in [6, 6.07) is 6.17. The Morgan fingerprint density at radius 1 is 1.16 bits per heavy atom. The minimum Gasteiger partial charge on any atom is -0.455 e. The van der Waals surface area contributed by atoms with Crippen LogP contribution in [0.15, 0.2) is 30.4 Å². The van der Waals surface area contributed by atoms with Gasteiger partial charge in [-0.1, -0.05) is 37.5 Å². The van der Waals surface area contributed by atoms with E-state index >= 15 is 0 Å². The van der Waals surface area contributed by atoms with Crippen molar-refractivity contribution in [1.29, 1.82) is 0 Å². The maximum absolute atomic E-state index is 13.4. The molecule has 1 aromatic rings. The fraction of sp³-hybridized carbons (Fsp3) is 0.560. The number of anilines is 1. The van der Waals surface area contributed by atoms with Crippen LogP contribution in [-0.4, -0.2) is 48.7 Å². The van der Waals surface area contributed by atoms with E-state index in [-0.39, 0.29) is 24.5 Å². The summed E-state index contributed by atoms with van der Waals surface area (Å²) >= 11 is 0. The number of hydrogen-bond acceptors (Lipinski definition) is 5. The molecule has 4 atom stereocenters. The van der Waals surface area contributed by atoms with Gasteiger partial charge in [-0.2, -0.15) is 0 Å². The van der Waals surface area contributed by atoms with E-state index in [4.69, 9.17) is 9.47 Å². The highest BCUT2D eigenvalue weighted by atomic mass is 16.6. The number of nitrogens with one attached hydrogen (secondary N) is 1. The van der Waals surface area contributed by atoms with E-state index in [0.29, 0.717) is 6.54 Å². The number of ether oxygens (including phenoxy) is 2. The highest BCUT2D eigenvalue weighted by Gasteiger charge is 2.67. The van der Waals surface area contributed by atoms with Gasteiger partial charge in [0.1, 0.15) is 11.5 Å². The second-order valence-corrected chi connectivity index (χ2v) is 9.68. The van der Waals surface area contributed by atoms with Crippen molar-refractivity contribution in [1.82, 2.24) is 5.32 Å². The molecule has 3 fully saturated rings. The van der Waals surface area contributed by atoms with Gasteiger partial charge in [0, 0.05) is 11.7 Å². The second-order valence-electron chi connectivity index (χ2n) is 9.68. The minimum atomic E-state index is -0.812. The Bertz CT molecular complexity index is 962. The molecule has 7 heteroatoms. The Labute approximate surface area is 188 Å². The first-order chi connectivity index (χ1) is 15.4. The lowest BCUT2D eigenvalue weighted by Gasteiger charge is -2.24. The molecule has 2 bridgehead atoms. The average Bonchev–Trinajstić information content (AvgIpc) is 3.40. The number of amides is 2. The van der Waals surface area contributed by atoms with Crippen molar-refractivity contribution in [2.75, 3.05) is 18.1 Å². The minimum absolute atomic E-state index is 0.129. The third-order valence-electron chi connectivity index (χ3n) is 7.21. The number of carbonyl (C=O) groups excluding carboxylic acids is 3. The summed E-state index contributed by atoms with van der Waals surface area (Å²) in [5.41, 5.74) is 2.15. The molecular weight excluding hydrogens is 408 g/mol. The number of rotatable bonds is 5. The van der Waals surface area contributed by atoms with Crippen molar-refractivity contribution in [3.63, 3.8) is 0 Å². The fourth-order valence-electron chi connectivity index (χ4n) is 5.84. The van der Waals surface area contributed by atoms with E-state index in [0.717, 1.165) is 42.5 Å². The number of benzene rings is 1. The van der Waals surface area contributed by atoms with Gasteiger partial charge in [-0.25, -0.2) is 0 Å². The maximum Gasteiger partial charge on any atom is 0.313 e. The molecule has 2 saturated heterocycles. The molecule has 1 aliphatic carbocycles. The van der Waals surface area contributed by atoms with Crippen LogP contribution < -0.4 is 10.2 Å². The van der Waals surface area contributed by atoms with Crippen molar-refractivity contribution in [3.05, 3.63) is 41.5 Å². The molecule has 0 aromatic heterocycles. The largest absolute Gasteiger partial charge is 0.455 e. The number of nitrogens with zero attached hydrogens (tertiary/aromatic N) is 1. The van der Waals surface area contributed by atoms with Gasteiger partial charge >= 0.3 is 5.97 Å². The average molecular weight is 439 g/mol. The smallest absolute Gasteiger partial charge is 0.313 e. The standard InChI is InChI=1S/C25H30N2O5/c1-15-10-16(2)12-18(11-15)27-14-25-9-8-19(32-25)21(22(25)23(27)29)24(30)31-13-20(28)26-17-6-4-3-5-7-17/h8-12,17,19,21-22H,3-7,13-14H2,1-2H3,(H,26,28)/t19-,21-,22+,25-/m0/s1. The molecule has 7 nitrogen and oxygen atoms in total. The molecule has 1 spiro atoms. The van der Waals surface area contributed by atoms with Crippen LogP contribution in [0.5, 0.6) is 0 Å². The van der Waals surface area contributed by atoms with E-state index in [1.165, 1.54) is 6.42 Å². The molecule has 0 radical (unpaired) electrons. The Kier molecular flexibility index (Phi) is 5.32. The Morgan fingerprint density at radius 3 is 2.59 bits per heavy atom. The number of fused-ring (bicyclic) bond motifs is 1. The number of esters is 1. The van der Waals surface area contributed by atoms with E-state index in [1.807, 2.05) is 38.1 Å². The maximum atomic E-state index is 13.4. The first-order valence-electron chi connectivity index (χ1n) is 11.6. The lowest BCUT2D eigenvalue weighted by Crippen LogP contribution is -2.42. The van der Waals surface area contributed by atoms with E-state index in [9.17, 15) is 14.4 Å². The predicted molar refractivity (Wildman–Crippen MR) is 118 cm³/mol. The Hall–Kier alpha value is -2.67. The lowest BCUT2D eigenvalue weighted by atomic mass is 9.77. The normalized spacial score (nSPS) is 31.1. The number of aryl methyl sites for hydroxylation is 2. The zero-order valence-corrected chi connectivity index (χ0v) is 18.6. The van der Waals surface area contributed by atoms with Crippen LogP contribution in [0.2, 0.25) is 0 Å². The number of hydrogen-bond donors (Lipinski definition) is 1. The molecule has 3 heterocycles. The van der Waals surface area contributed by atoms with E-state index in [1.54, 1.807) is 4.90 Å². The molecule has 170 valence electrons. The summed E-state index contributed by atoms with van der Waals surface area (Å²) < 4.78 is 11.5. The summed E-state index contributed by atoms with van der Waals surface area (Å²) in [6.45, 7) is 4.04. The van der Waals surface area contributed by atoms with Gasteiger partial charge in [0.15, 0.2) is 6.61 Å². The van der Waals surface area contributed by atoms with E-state index in [2.05, 4.69) is 11.4 Å². The number of carbonyl (C=O) groups is 3. The summed E-state index contributed by atoms with van der Waals surface area (Å²) in [5, 5.41) is 2.96. The zero-order chi connectivity index (χ0) is 22.5. The summed E-state index contributed by atoms with van der Waals surface area (Å²) in [4.78, 5) is 40.4. The van der Waals surface area contributed by atoms with Crippen LogP contribution in [0, 0.1) is 25.7 Å². The van der Waals surface area contributed by atoms with Gasteiger partial charge in [0.25, 0.3) is 5.91 Å². The van der Waals surface area contributed by atoms with E-state index < -0.39 is 29.5 Å². The van der Waals surface area contributed by atoms with Gasteiger partial charge in [0.2, 0.25) is 5.91 Å². The quantitative estimate of drug-likeness (QED) is 0.564. The van der Waals surface area contributed by atoms with Crippen molar-refractivity contribution in [2.24, 2.45) is 11.8 Å². The molecule has 1 saturated carbocycles. The van der Waals surface area contributed by atoms with Crippen LogP contribution in [0.25, 0.3) is 0 Å². The Balaban J connectivity index is 1.27. The van der Waals surface area contributed by atoms with Gasteiger partial charge in [-0.3, -0.25) is 14.4 Å². The van der Waals surface area contributed by atoms with Gasteiger partial charge < -0.3 is 19.7 Å². The van der Waals surface area contributed by atoms with Crippen LogP contribution in [0.1, 0.15) is 43.2 Å². The van der Waals surface area contributed by atoms with Gasteiger partial charge in [0.05, 0.1) is 18.6 Å². The Morgan fingerprint density at radius 2 is 1.88 bits per heavy atom. The highest BCUT2D eigenvalue weighted by molar-refractivity contribution is 6.02. The van der Waals surface area contributed by atoms with Gasteiger partial charge in [-0.15, -0.1) is 0 Å². The lowest BCUT2D eigenvalue weighted by molar-refractivity contribution is -0.155. The second kappa shape index (κ2) is 8.03. The van der Waals surface area contributed by atoms with Gasteiger partial charge in [-0.05, 0) is 49.9 Å². The third-order valence-corrected chi connectivity index (χ3v) is 7.21. The summed E-state index contributed by atoms with van der Waals surface area (Å²) in [7, 11) is 0. The third kappa shape index (κ3) is 3.62. The van der Waals surface area contributed by atoms with Crippen LogP contribution in [-0.2, 0) is 23.9 Å². The van der Waals surface area contributed by atoms with Crippen molar-refractivity contribution < 1.29 is 23.9 Å². The first kappa shape index (κ1) is 21.2. The molecule has 2 amide bonds. The summed E-state index contributed by atoms with van der Waals surface area (Å²) in [6.07, 6.45) is 8.65. The van der Waals surface area contributed by atoms with Crippen LogP contribution in [0.4, 0.5) is 5.69 Å². The fourth-order valence-corrected chi connectivity index (χ4v) is 5.84. The molecule has 0 unspecified atom stereocenters. The SMILES string of the molecule is Cc1cc(C)cc(N2C[C@]34C=C[C@H](O3)[C@H](C(=O)OCC(=O)NC3CCCCC3)[C@@H]4C2=O)c1. The van der Waals surface area contributed by atoms with Crippen molar-refractivity contribution in [2.45, 2.75) is 63.7 Å². The monoisotopic (exact) mass is 438 g/mol. The van der Waals surface area contributed by atoms with Crippen LogP contribution >= 0.6 is 0 Å². The summed E-state index contributed by atoms with van der Waals surface area (Å²) in [5.74, 6) is -2.32. The molecule has 1 aromatic carbocycles. The first-order valence-corrected chi connectivity index (χ1v) is 11.6. The highest BCUT2D eigenvalue weighted by Crippen LogP contribution is 2.53. The van der Waals surface area contributed by atoms with Crippen molar-refractivity contribution in [3.8, 4) is 0 Å².